The fourth-order valence-corrected chi connectivity index (χ4v) is 1.42. The summed E-state index contributed by atoms with van der Waals surface area (Å²) >= 11 is 0. The summed E-state index contributed by atoms with van der Waals surface area (Å²) in [6, 6.07) is 8.92. The third-order valence-electron chi connectivity index (χ3n) is 2.26. The molecule has 2 rings (SSSR count). The summed E-state index contributed by atoms with van der Waals surface area (Å²) in [5.74, 6) is 0.334. The molecule has 3 N–H and O–H groups in total. The van der Waals surface area contributed by atoms with Gasteiger partial charge in [-0.3, -0.25) is 4.79 Å². The zero-order valence-electron chi connectivity index (χ0n) is 9.13. The van der Waals surface area contributed by atoms with Crippen LogP contribution in [0.15, 0.2) is 42.9 Å². The van der Waals surface area contributed by atoms with Crippen LogP contribution in [0.5, 0.6) is 0 Å². The number of nitrogens with one attached hydrogen (secondary N) is 1. The van der Waals surface area contributed by atoms with Gasteiger partial charge in [-0.2, -0.15) is 0 Å². The Kier molecular flexibility index (Phi) is 3.30. The van der Waals surface area contributed by atoms with Crippen molar-refractivity contribution in [2.75, 3.05) is 11.1 Å². The second-order valence-corrected chi connectivity index (χ2v) is 3.52. The van der Waals surface area contributed by atoms with E-state index in [9.17, 15) is 4.79 Å². The SMILES string of the molecule is Nc1ccccc1CC(=O)Nc1ccncn1. The van der Waals surface area contributed by atoms with Crippen molar-refractivity contribution in [3.63, 3.8) is 0 Å². The van der Waals surface area contributed by atoms with E-state index in [1.807, 2.05) is 18.2 Å². The molecule has 0 aliphatic rings. The minimum Gasteiger partial charge on any atom is -0.398 e. The molecule has 1 aromatic heterocycles. The number of rotatable bonds is 3. The van der Waals surface area contributed by atoms with E-state index in [1.54, 1.807) is 18.3 Å². The summed E-state index contributed by atoms with van der Waals surface area (Å²) in [6.45, 7) is 0. The molecular weight excluding hydrogens is 216 g/mol. The lowest BCUT2D eigenvalue weighted by molar-refractivity contribution is -0.115. The number of carbonyl (C=O) groups excluding carboxylic acids is 1. The fraction of sp³-hybridized carbons (Fsp3) is 0.0833. The first-order valence-electron chi connectivity index (χ1n) is 5.15. The average molecular weight is 228 g/mol. The van der Waals surface area contributed by atoms with E-state index in [0.717, 1.165) is 5.56 Å². The molecule has 0 aliphatic heterocycles. The Hall–Kier alpha value is -2.43. The fourth-order valence-electron chi connectivity index (χ4n) is 1.42. The van der Waals surface area contributed by atoms with Crippen LogP contribution in [0.2, 0.25) is 0 Å². The highest BCUT2D eigenvalue weighted by atomic mass is 16.1. The van der Waals surface area contributed by atoms with E-state index >= 15 is 0 Å². The molecule has 0 fully saturated rings. The van der Waals surface area contributed by atoms with Crippen molar-refractivity contribution in [3.8, 4) is 0 Å². The number of carbonyl (C=O) groups is 1. The maximum atomic E-state index is 11.7. The molecule has 86 valence electrons. The highest BCUT2D eigenvalue weighted by molar-refractivity contribution is 5.92. The number of para-hydroxylation sites is 1. The highest BCUT2D eigenvalue weighted by Gasteiger charge is 2.06. The number of hydrogen-bond donors (Lipinski definition) is 2. The quantitative estimate of drug-likeness (QED) is 0.774. The lowest BCUT2D eigenvalue weighted by atomic mass is 10.1. The molecule has 17 heavy (non-hydrogen) atoms. The second kappa shape index (κ2) is 5.07. The van der Waals surface area contributed by atoms with Gasteiger partial charge in [-0.25, -0.2) is 9.97 Å². The van der Waals surface area contributed by atoms with Crippen LogP contribution in [-0.2, 0) is 11.2 Å². The van der Waals surface area contributed by atoms with E-state index in [1.165, 1.54) is 6.33 Å². The molecule has 0 bridgehead atoms. The number of aromatic nitrogens is 2. The van der Waals surface area contributed by atoms with Crippen LogP contribution in [-0.4, -0.2) is 15.9 Å². The maximum absolute atomic E-state index is 11.7. The first-order valence-corrected chi connectivity index (χ1v) is 5.15. The lowest BCUT2D eigenvalue weighted by Crippen LogP contribution is -2.16. The number of nitrogens with two attached hydrogens (primary N) is 1. The minimum atomic E-state index is -0.151. The smallest absolute Gasteiger partial charge is 0.230 e. The van der Waals surface area contributed by atoms with Gasteiger partial charge in [0, 0.05) is 11.9 Å². The normalized spacial score (nSPS) is 9.88. The number of nitrogens with zero attached hydrogens (tertiary/aromatic N) is 2. The monoisotopic (exact) mass is 228 g/mol. The molecule has 0 spiro atoms. The average Bonchev–Trinajstić information content (AvgIpc) is 2.33. The van der Waals surface area contributed by atoms with Crippen molar-refractivity contribution in [2.45, 2.75) is 6.42 Å². The Morgan fingerprint density at radius 2 is 2.12 bits per heavy atom. The Bertz CT molecular complexity index is 513. The summed E-state index contributed by atoms with van der Waals surface area (Å²) < 4.78 is 0. The first kappa shape index (κ1) is 11.1. The number of nitrogen functional groups attached to an aromatic ring is 1. The Balaban J connectivity index is 2.01. The van der Waals surface area contributed by atoms with Crippen molar-refractivity contribution in [1.82, 2.24) is 9.97 Å². The molecule has 0 aliphatic carbocycles. The third-order valence-corrected chi connectivity index (χ3v) is 2.26. The lowest BCUT2D eigenvalue weighted by Gasteiger charge is -2.05. The molecule has 5 heteroatoms. The van der Waals surface area contributed by atoms with E-state index in [2.05, 4.69) is 15.3 Å². The van der Waals surface area contributed by atoms with Crippen molar-refractivity contribution in [3.05, 3.63) is 48.4 Å². The van der Waals surface area contributed by atoms with E-state index < -0.39 is 0 Å². The Morgan fingerprint density at radius 1 is 1.29 bits per heavy atom. The molecule has 0 unspecified atom stereocenters. The Morgan fingerprint density at radius 3 is 2.82 bits per heavy atom. The molecule has 2 aromatic rings. The van der Waals surface area contributed by atoms with Crippen molar-refractivity contribution < 1.29 is 4.79 Å². The number of benzene rings is 1. The number of anilines is 2. The summed E-state index contributed by atoms with van der Waals surface area (Å²) in [5.41, 5.74) is 7.18. The van der Waals surface area contributed by atoms with Gasteiger partial charge in [-0.15, -0.1) is 0 Å². The molecule has 0 radical (unpaired) electrons. The molecule has 0 saturated carbocycles. The van der Waals surface area contributed by atoms with Gasteiger partial charge in [-0.1, -0.05) is 18.2 Å². The molecule has 1 aromatic carbocycles. The van der Waals surface area contributed by atoms with Crippen molar-refractivity contribution in [2.24, 2.45) is 0 Å². The largest absolute Gasteiger partial charge is 0.398 e. The van der Waals surface area contributed by atoms with Gasteiger partial charge in [-0.05, 0) is 17.7 Å². The molecule has 1 heterocycles. The summed E-state index contributed by atoms with van der Waals surface area (Å²) in [7, 11) is 0. The maximum Gasteiger partial charge on any atom is 0.230 e. The second-order valence-electron chi connectivity index (χ2n) is 3.52. The van der Waals surface area contributed by atoms with Crippen LogP contribution >= 0.6 is 0 Å². The predicted molar refractivity (Wildman–Crippen MR) is 65.2 cm³/mol. The standard InChI is InChI=1S/C12H12N4O/c13-10-4-2-1-3-9(10)7-12(17)16-11-5-6-14-8-15-11/h1-6,8H,7,13H2,(H,14,15,16,17). The van der Waals surface area contributed by atoms with Crippen LogP contribution in [0.1, 0.15) is 5.56 Å². The summed E-state index contributed by atoms with van der Waals surface area (Å²) in [5, 5.41) is 2.67. The molecule has 0 atom stereocenters. The van der Waals surface area contributed by atoms with Crippen LogP contribution in [0.3, 0.4) is 0 Å². The predicted octanol–water partition coefficient (Wildman–Crippen LogP) is 1.24. The molecular formula is C12H12N4O. The van der Waals surface area contributed by atoms with Crippen molar-refractivity contribution in [1.29, 1.82) is 0 Å². The number of hydrogen-bond acceptors (Lipinski definition) is 4. The zero-order chi connectivity index (χ0) is 12.1. The van der Waals surface area contributed by atoms with Gasteiger partial charge in [0.05, 0.1) is 6.42 Å². The van der Waals surface area contributed by atoms with Crippen LogP contribution in [0.25, 0.3) is 0 Å². The first-order chi connectivity index (χ1) is 8.25. The van der Waals surface area contributed by atoms with Gasteiger partial charge in [0.1, 0.15) is 12.1 Å². The minimum absolute atomic E-state index is 0.151. The van der Waals surface area contributed by atoms with E-state index in [0.29, 0.717) is 11.5 Å². The third kappa shape index (κ3) is 3.01. The molecule has 1 amide bonds. The summed E-state index contributed by atoms with van der Waals surface area (Å²) in [4.78, 5) is 19.4. The van der Waals surface area contributed by atoms with Gasteiger partial charge < -0.3 is 11.1 Å². The molecule has 5 nitrogen and oxygen atoms in total. The van der Waals surface area contributed by atoms with Crippen LogP contribution < -0.4 is 11.1 Å². The van der Waals surface area contributed by atoms with Crippen LogP contribution in [0, 0.1) is 0 Å². The molecule has 0 saturated heterocycles. The van der Waals surface area contributed by atoms with Gasteiger partial charge in [0.2, 0.25) is 5.91 Å². The van der Waals surface area contributed by atoms with E-state index in [-0.39, 0.29) is 12.3 Å². The van der Waals surface area contributed by atoms with Gasteiger partial charge in [0.15, 0.2) is 0 Å². The van der Waals surface area contributed by atoms with Gasteiger partial charge >= 0.3 is 0 Å². The highest BCUT2D eigenvalue weighted by Crippen LogP contribution is 2.11. The van der Waals surface area contributed by atoms with Crippen LogP contribution in [0.4, 0.5) is 11.5 Å². The van der Waals surface area contributed by atoms with Gasteiger partial charge in [0.25, 0.3) is 0 Å². The topological polar surface area (TPSA) is 80.9 Å². The van der Waals surface area contributed by atoms with E-state index in [4.69, 9.17) is 5.73 Å². The number of amides is 1. The Labute approximate surface area is 98.7 Å². The van der Waals surface area contributed by atoms with Crippen molar-refractivity contribution >= 4 is 17.4 Å². The summed E-state index contributed by atoms with van der Waals surface area (Å²) in [6.07, 6.45) is 3.18. The zero-order valence-corrected chi connectivity index (χ0v) is 9.13.